The highest BCUT2D eigenvalue weighted by Gasteiger charge is 2.12. The van der Waals surface area contributed by atoms with Crippen LogP contribution in [0.3, 0.4) is 0 Å². The first-order valence-electron chi connectivity index (χ1n) is 5.23. The minimum atomic E-state index is -0.0359. The van der Waals surface area contributed by atoms with Gasteiger partial charge in [0.2, 0.25) is 5.78 Å². The lowest BCUT2D eigenvalue weighted by Crippen LogP contribution is -2.11. The minimum absolute atomic E-state index is 0.0294. The van der Waals surface area contributed by atoms with Crippen LogP contribution in [-0.2, 0) is 0 Å². The lowest BCUT2D eigenvalue weighted by Gasteiger charge is -2.08. The van der Waals surface area contributed by atoms with Crippen molar-refractivity contribution < 1.29 is 9.53 Å². The second-order valence-electron chi connectivity index (χ2n) is 3.72. The lowest BCUT2D eigenvalue weighted by atomic mass is 10.2. The van der Waals surface area contributed by atoms with Crippen molar-refractivity contribution >= 4 is 44.7 Å². The van der Waals surface area contributed by atoms with Crippen LogP contribution in [0.1, 0.15) is 15.2 Å². The molecule has 1 aromatic heterocycles. The van der Waals surface area contributed by atoms with Crippen LogP contribution in [0.25, 0.3) is 0 Å². The SMILES string of the molecule is Cc1cc(Cl)ccc1OCC(=O)c1sccc1Br. The average molecular weight is 346 g/mol. The maximum atomic E-state index is 11.9. The van der Waals surface area contributed by atoms with E-state index in [0.717, 1.165) is 10.0 Å². The van der Waals surface area contributed by atoms with Crippen molar-refractivity contribution in [3.05, 3.63) is 49.6 Å². The van der Waals surface area contributed by atoms with E-state index in [1.165, 1.54) is 11.3 Å². The van der Waals surface area contributed by atoms with E-state index in [-0.39, 0.29) is 12.4 Å². The third-order valence-electron chi connectivity index (χ3n) is 2.37. The van der Waals surface area contributed by atoms with Gasteiger partial charge in [0.1, 0.15) is 5.75 Å². The van der Waals surface area contributed by atoms with Gasteiger partial charge in [-0.25, -0.2) is 0 Å². The zero-order valence-electron chi connectivity index (χ0n) is 9.57. The predicted octanol–water partition coefficient (Wildman–Crippen LogP) is 4.73. The second-order valence-corrected chi connectivity index (χ2v) is 5.93. The zero-order valence-corrected chi connectivity index (χ0v) is 12.7. The summed E-state index contributed by atoms with van der Waals surface area (Å²) in [7, 11) is 0. The summed E-state index contributed by atoms with van der Waals surface area (Å²) in [5.74, 6) is 0.645. The summed E-state index contributed by atoms with van der Waals surface area (Å²) in [4.78, 5) is 12.6. The Morgan fingerprint density at radius 2 is 2.22 bits per heavy atom. The number of halogens is 2. The summed E-state index contributed by atoms with van der Waals surface area (Å²) in [6.07, 6.45) is 0. The molecule has 0 N–H and O–H groups in total. The highest BCUT2D eigenvalue weighted by molar-refractivity contribution is 9.10. The smallest absolute Gasteiger partial charge is 0.211 e. The fraction of sp³-hybridized carbons (Fsp3) is 0.154. The Hall–Kier alpha value is -0.840. The first-order valence-corrected chi connectivity index (χ1v) is 7.28. The Morgan fingerprint density at radius 1 is 1.44 bits per heavy atom. The van der Waals surface area contributed by atoms with Crippen LogP contribution >= 0.6 is 38.9 Å². The second kappa shape index (κ2) is 5.87. The molecule has 0 fully saturated rings. The molecule has 1 aromatic carbocycles. The number of carbonyl (C=O) groups excluding carboxylic acids is 1. The van der Waals surface area contributed by atoms with Crippen molar-refractivity contribution in [1.29, 1.82) is 0 Å². The van der Waals surface area contributed by atoms with Gasteiger partial charge in [0.05, 0.1) is 4.88 Å². The fourth-order valence-electron chi connectivity index (χ4n) is 1.48. The molecule has 2 aromatic rings. The fourth-order valence-corrected chi connectivity index (χ4v) is 3.22. The highest BCUT2D eigenvalue weighted by Crippen LogP contribution is 2.25. The van der Waals surface area contributed by atoms with Gasteiger partial charge in [-0.2, -0.15) is 0 Å². The number of carbonyl (C=O) groups is 1. The third kappa shape index (κ3) is 3.13. The van der Waals surface area contributed by atoms with E-state index in [1.807, 2.05) is 24.4 Å². The summed E-state index contributed by atoms with van der Waals surface area (Å²) in [6.45, 7) is 1.92. The van der Waals surface area contributed by atoms with Gasteiger partial charge < -0.3 is 4.74 Å². The van der Waals surface area contributed by atoms with Crippen LogP contribution in [0.5, 0.6) is 5.75 Å². The molecule has 0 amide bonds. The molecule has 0 unspecified atom stereocenters. The quantitative estimate of drug-likeness (QED) is 0.749. The molecule has 18 heavy (non-hydrogen) atoms. The van der Waals surface area contributed by atoms with Crippen LogP contribution in [0.4, 0.5) is 0 Å². The molecule has 2 rings (SSSR count). The molecule has 0 saturated heterocycles. The van der Waals surface area contributed by atoms with Crippen molar-refractivity contribution in [3.8, 4) is 5.75 Å². The molecular weight excluding hydrogens is 336 g/mol. The summed E-state index contributed by atoms with van der Waals surface area (Å²) >= 11 is 10.6. The van der Waals surface area contributed by atoms with E-state index >= 15 is 0 Å². The van der Waals surface area contributed by atoms with Crippen LogP contribution in [0, 0.1) is 6.92 Å². The monoisotopic (exact) mass is 344 g/mol. The van der Waals surface area contributed by atoms with Gasteiger partial charge >= 0.3 is 0 Å². The van der Waals surface area contributed by atoms with E-state index in [9.17, 15) is 4.79 Å². The van der Waals surface area contributed by atoms with Gasteiger partial charge in [-0.1, -0.05) is 11.6 Å². The molecule has 0 aliphatic heterocycles. The molecular formula is C13H10BrClO2S. The van der Waals surface area contributed by atoms with Crippen molar-refractivity contribution in [2.45, 2.75) is 6.92 Å². The molecule has 2 nitrogen and oxygen atoms in total. The molecule has 0 bridgehead atoms. The van der Waals surface area contributed by atoms with Gasteiger partial charge in [0.15, 0.2) is 6.61 Å². The van der Waals surface area contributed by atoms with E-state index < -0.39 is 0 Å². The first kappa shape index (κ1) is 13.6. The van der Waals surface area contributed by atoms with Crippen molar-refractivity contribution in [2.75, 3.05) is 6.61 Å². The molecule has 94 valence electrons. The maximum Gasteiger partial charge on any atom is 0.211 e. The highest BCUT2D eigenvalue weighted by atomic mass is 79.9. The zero-order chi connectivity index (χ0) is 13.1. The minimum Gasteiger partial charge on any atom is -0.485 e. The Balaban J connectivity index is 2.04. The Labute approximate surface area is 123 Å². The van der Waals surface area contributed by atoms with Gasteiger partial charge in [0.25, 0.3) is 0 Å². The topological polar surface area (TPSA) is 26.3 Å². The van der Waals surface area contributed by atoms with Crippen LogP contribution < -0.4 is 4.74 Å². The maximum absolute atomic E-state index is 11.9. The van der Waals surface area contributed by atoms with E-state index in [1.54, 1.807) is 12.1 Å². The molecule has 0 aliphatic rings. The van der Waals surface area contributed by atoms with Crippen LogP contribution in [-0.4, -0.2) is 12.4 Å². The number of hydrogen-bond acceptors (Lipinski definition) is 3. The van der Waals surface area contributed by atoms with Crippen LogP contribution in [0.15, 0.2) is 34.1 Å². The third-order valence-corrected chi connectivity index (χ3v) is 4.48. The van der Waals surface area contributed by atoms with Crippen molar-refractivity contribution in [2.24, 2.45) is 0 Å². The number of aryl methyl sites for hydroxylation is 1. The normalized spacial score (nSPS) is 10.4. The summed E-state index contributed by atoms with van der Waals surface area (Å²) in [6, 6.07) is 7.18. The molecule has 0 atom stereocenters. The average Bonchev–Trinajstić information content (AvgIpc) is 2.74. The van der Waals surface area contributed by atoms with Gasteiger partial charge in [-0.05, 0) is 58.1 Å². The molecule has 5 heteroatoms. The van der Waals surface area contributed by atoms with E-state index in [0.29, 0.717) is 15.6 Å². The Morgan fingerprint density at radius 3 is 2.83 bits per heavy atom. The summed E-state index contributed by atoms with van der Waals surface area (Å²) in [5.41, 5.74) is 0.917. The number of hydrogen-bond donors (Lipinski definition) is 0. The van der Waals surface area contributed by atoms with Crippen LogP contribution in [0.2, 0.25) is 5.02 Å². The number of thiophene rings is 1. The number of ketones is 1. The van der Waals surface area contributed by atoms with Crippen molar-refractivity contribution in [1.82, 2.24) is 0 Å². The number of rotatable bonds is 4. The van der Waals surface area contributed by atoms with E-state index in [4.69, 9.17) is 16.3 Å². The number of Topliss-reactive ketones (excluding diaryl/α,β-unsaturated/α-hetero) is 1. The predicted molar refractivity (Wildman–Crippen MR) is 78.0 cm³/mol. The number of benzene rings is 1. The molecule has 0 saturated carbocycles. The largest absolute Gasteiger partial charge is 0.485 e. The first-order chi connectivity index (χ1) is 8.58. The Kier molecular flexibility index (Phi) is 4.43. The standard InChI is InChI=1S/C13H10BrClO2S/c1-8-6-9(15)2-3-12(8)17-7-11(16)13-10(14)4-5-18-13/h2-6H,7H2,1H3. The van der Waals surface area contributed by atoms with Crippen molar-refractivity contribution in [3.63, 3.8) is 0 Å². The lowest BCUT2D eigenvalue weighted by molar-refractivity contribution is 0.0924. The molecule has 0 radical (unpaired) electrons. The number of ether oxygens (including phenoxy) is 1. The van der Waals surface area contributed by atoms with E-state index in [2.05, 4.69) is 15.9 Å². The Bertz CT molecular complexity index is 580. The molecule has 0 aliphatic carbocycles. The van der Waals surface area contributed by atoms with Gasteiger partial charge in [-0.3, -0.25) is 4.79 Å². The van der Waals surface area contributed by atoms with Gasteiger partial charge in [-0.15, -0.1) is 11.3 Å². The van der Waals surface area contributed by atoms with Gasteiger partial charge in [0, 0.05) is 9.50 Å². The molecule has 0 spiro atoms. The summed E-state index contributed by atoms with van der Waals surface area (Å²) in [5, 5.41) is 2.53. The molecule has 1 heterocycles. The summed E-state index contributed by atoms with van der Waals surface area (Å²) < 4.78 is 6.32.